The molecule has 2 nitrogen and oxygen atoms in total. The predicted octanol–water partition coefficient (Wildman–Crippen LogP) is 3.16. The van der Waals surface area contributed by atoms with E-state index in [2.05, 4.69) is 5.32 Å². The standard InChI is InChI=1S/C14H22FNO/c1-16-10-6-4-3-5-7-12-8-9-14(17-2)13(15)11-12/h8-9,11,16H,3-7,10H2,1-2H3. The average Bonchev–Trinajstić information content (AvgIpc) is 2.34. The maximum absolute atomic E-state index is 13.4. The molecule has 17 heavy (non-hydrogen) atoms. The first-order valence-corrected chi connectivity index (χ1v) is 6.25. The van der Waals surface area contributed by atoms with Crippen molar-refractivity contribution in [2.24, 2.45) is 0 Å². The van der Waals surface area contributed by atoms with Crippen molar-refractivity contribution < 1.29 is 9.13 Å². The number of methoxy groups -OCH3 is 1. The summed E-state index contributed by atoms with van der Waals surface area (Å²) in [5, 5.41) is 3.13. The fourth-order valence-electron chi connectivity index (χ4n) is 1.85. The molecule has 3 heteroatoms. The Balaban J connectivity index is 2.25. The lowest BCUT2D eigenvalue weighted by atomic mass is 10.1. The summed E-state index contributed by atoms with van der Waals surface area (Å²) < 4.78 is 18.3. The van der Waals surface area contributed by atoms with E-state index in [0.29, 0.717) is 5.75 Å². The van der Waals surface area contributed by atoms with Crippen LogP contribution in [0.4, 0.5) is 4.39 Å². The van der Waals surface area contributed by atoms with Crippen LogP contribution in [0.3, 0.4) is 0 Å². The maximum Gasteiger partial charge on any atom is 0.165 e. The van der Waals surface area contributed by atoms with Gasteiger partial charge in [-0.25, -0.2) is 4.39 Å². The Morgan fingerprint density at radius 2 is 1.94 bits per heavy atom. The van der Waals surface area contributed by atoms with Gasteiger partial charge < -0.3 is 10.1 Å². The minimum atomic E-state index is -0.264. The highest BCUT2D eigenvalue weighted by Crippen LogP contribution is 2.19. The number of hydrogen-bond donors (Lipinski definition) is 1. The second-order valence-electron chi connectivity index (χ2n) is 4.24. The van der Waals surface area contributed by atoms with Gasteiger partial charge in [0.1, 0.15) is 0 Å². The van der Waals surface area contributed by atoms with Gasteiger partial charge in [0.05, 0.1) is 7.11 Å². The first kappa shape index (κ1) is 14.0. The number of unbranched alkanes of at least 4 members (excludes halogenated alkanes) is 3. The van der Waals surface area contributed by atoms with Crippen LogP contribution < -0.4 is 10.1 Å². The van der Waals surface area contributed by atoms with E-state index in [1.807, 2.05) is 13.1 Å². The van der Waals surface area contributed by atoms with E-state index in [1.54, 1.807) is 12.1 Å². The molecule has 0 heterocycles. The lowest BCUT2D eigenvalue weighted by molar-refractivity contribution is 0.386. The fraction of sp³-hybridized carbons (Fsp3) is 0.571. The molecule has 1 aromatic rings. The van der Waals surface area contributed by atoms with Crippen LogP contribution in [-0.4, -0.2) is 20.7 Å². The van der Waals surface area contributed by atoms with Crippen molar-refractivity contribution in [3.05, 3.63) is 29.6 Å². The van der Waals surface area contributed by atoms with Gasteiger partial charge >= 0.3 is 0 Å². The first-order valence-electron chi connectivity index (χ1n) is 6.25. The van der Waals surface area contributed by atoms with Gasteiger partial charge in [0, 0.05) is 0 Å². The Labute approximate surface area is 103 Å². The van der Waals surface area contributed by atoms with E-state index in [1.165, 1.54) is 26.4 Å². The summed E-state index contributed by atoms with van der Waals surface area (Å²) >= 11 is 0. The third-order valence-corrected chi connectivity index (χ3v) is 2.86. The van der Waals surface area contributed by atoms with Crippen molar-refractivity contribution >= 4 is 0 Å². The minimum absolute atomic E-state index is 0.264. The zero-order chi connectivity index (χ0) is 12.5. The normalized spacial score (nSPS) is 10.5. The van der Waals surface area contributed by atoms with Crippen LogP contribution in [0.5, 0.6) is 5.75 Å². The van der Waals surface area contributed by atoms with Crippen molar-refractivity contribution in [1.82, 2.24) is 5.32 Å². The van der Waals surface area contributed by atoms with Crippen LogP contribution in [0.2, 0.25) is 0 Å². The largest absolute Gasteiger partial charge is 0.494 e. The molecule has 1 N–H and O–H groups in total. The van der Waals surface area contributed by atoms with E-state index in [9.17, 15) is 4.39 Å². The van der Waals surface area contributed by atoms with Gasteiger partial charge in [-0.2, -0.15) is 0 Å². The molecule has 0 radical (unpaired) electrons. The monoisotopic (exact) mass is 239 g/mol. The number of rotatable bonds is 8. The average molecular weight is 239 g/mol. The number of aryl methyl sites for hydroxylation is 1. The lowest BCUT2D eigenvalue weighted by Gasteiger charge is -2.05. The molecule has 96 valence electrons. The molecule has 0 unspecified atom stereocenters. The fourth-order valence-corrected chi connectivity index (χ4v) is 1.85. The number of ether oxygens (including phenoxy) is 1. The molecule has 0 aliphatic heterocycles. The smallest absolute Gasteiger partial charge is 0.165 e. The van der Waals surface area contributed by atoms with Gasteiger partial charge in [-0.05, 0) is 50.6 Å². The van der Waals surface area contributed by atoms with Crippen molar-refractivity contribution in [3.63, 3.8) is 0 Å². The Kier molecular flexibility index (Phi) is 6.63. The van der Waals surface area contributed by atoms with E-state index in [-0.39, 0.29) is 5.82 Å². The van der Waals surface area contributed by atoms with Crippen LogP contribution >= 0.6 is 0 Å². The molecule has 0 aliphatic rings. The number of hydrogen-bond acceptors (Lipinski definition) is 2. The lowest BCUT2D eigenvalue weighted by Crippen LogP contribution is -2.06. The van der Waals surface area contributed by atoms with Gasteiger partial charge in [-0.1, -0.05) is 18.9 Å². The predicted molar refractivity (Wildman–Crippen MR) is 69.1 cm³/mol. The third kappa shape index (κ3) is 5.18. The molecule has 0 aromatic heterocycles. The number of benzene rings is 1. The molecule has 0 spiro atoms. The summed E-state index contributed by atoms with van der Waals surface area (Å²) in [5.41, 5.74) is 1.05. The Morgan fingerprint density at radius 3 is 2.59 bits per heavy atom. The highest BCUT2D eigenvalue weighted by Gasteiger charge is 2.02. The van der Waals surface area contributed by atoms with Crippen LogP contribution in [0, 0.1) is 5.82 Å². The van der Waals surface area contributed by atoms with Gasteiger partial charge in [0.15, 0.2) is 11.6 Å². The molecule has 0 fully saturated rings. The second kappa shape index (κ2) is 8.07. The molecule has 1 aromatic carbocycles. The summed E-state index contributed by atoms with van der Waals surface area (Å²) in [6, 6.07) is 5.22. The first-order chi connectivity index (χ1) is 8.27. The number of halogens is 1. The summed E-state index contributed by atoms with van der Waals surface area (Å²) in [7, 11) is 3.46. The quantitative estimate of drug-likeness (QED) is 0.704. The summed E-state index contributed by atoms with van der Waals surface area (Å²) in [6.45, 7) is 1.08. The molecule has 0 amide bonds. The molecule has 0 bridgehead atoms. The Bertz CT molecular complexity index is 328. The molecule has 0 saturated heterocycles. The van der Waals surface area contributed by atoms with Gasteiger partial charge in [-0.3, -0.25) is 0 Å². The zero-order valence-corrected chi connectivity index (χ0v) is 10.8. The SMILES string of the molecule is CNCCCCCCc1ccc(OC)c(F)c1. The Hall–Kier alpha value is -1.09. The van der Waals surface area contributed by atoms with Crippen molar-refractivity contribution in [3.8, 4) is 5.75 Å². The second-order valence-corrected chi connectivity index (χ2v) is 4.24. The van der Waals surface area contributed by atoms with E-state index in [4.69, 9.17) is 4.74 Å². The Morgan fingerprint density at radius 1 is 1.18 bits per heavy atom. The molecular weight excluding hydrogens is 217 g/mol. The van der Waals surface area contributed by atoms with E-state index in [0.717, 1.165) is 24.9 Å². The van der Waals surface area contributed by atoms with Crippen LogP contribution in [0.15, 0.2) is 18.2 Å². The molecule has 0 aliphatic carbocycles. The maximum atomic E-state index is 13.4. The molecule has 0 saturated carbocycles. The van der Waals surface area contributed by atoms with Crippen molar-refractivity contribution in [2.75, 3.05) is 20.7 Å². The van der Waals surface area contributed by atoms with Crippen molar-refractivity contribution in [2.45, 2.75) is 32.1 Å². The van der Waals surface area contributed by atoms with Gasteiger partial charge in [0.2, 0.25) is 0 Å². The molecule has 1 rings (SSSR count). The summed E-state index contributed by atoms with van der Waals surface area (Å²) in [4.78, 5) is 0. The van der Waals surface area contributed by atoms with Crippen LogP contribution in [-0.2, 0) is 6.42 Å². The molecular formula is C14H22FNO. The number of nitrogens with one attached hydrogen (secondary N) is 1. The highest BCUT2D eigenvalue weighted by atomic mass is 19.1. The molecule has 0 atom stereocenters. The van der Waals surface area contributed by atoms with Crippen molar-refractivity contribution in [1.29, 1.82) is 0 Å². The van der Waals surface area contributed by atoms with Gasteiger partial charge in [-0.15, -0.1) is 0 Å². The third-order valence-electron chi connectivity index (χ3n) is 2.86. The summed E-state index contributed by atoms with van der Waals surface area (Å²) in [5.74, 6) is 0.0583. The van der Waals surface area contributed by atoms with Crippen LogP contribution in [0.25, 0.3) is 0 Å². The van der Waals surface area contributed by atoms with Crippen LogP contribution in [0.1, 0.15) is 31.2 Å². The minimum Gasteiger partial charge on any atom is -0.494 e. The summed E-state index contributed by atoms with van der Waals surface area (Å²) in [6.07, 6.45) is 5.72. The van der Waals surface area contributed by atoms with E-state index >= 15 is 0 Å². The highest BCUT2D eigenvalue weighted by molar-refractivity contribution is 5.29. The zero-order valence-electron chi connectivity index (χ0n) is 10.8. The topological polar surface area (TPSA) is 21.3 Å². The van der Waals surface area contributed by atoms with E-state index < -0.39 is 0 Å². The van der Waals surface area contributed by atoms with Gasteiger partial charge in [0.25, 0.3) is 0 Å².